The van der Waals surface area contributed by atoms with Crippen LogP contribution < -0.4 is 4.90 Å². The summed E-state index contributed by atoms with van der Waals surface area (Å²) in [4.78, 5) is 15.6. The molecule has 2 aliphatic heterocycles. The second-order valence-electron chi connectivity index (χ2n) is 7.47. The molecule has 0 unspecified atom stereocenters. The molecule has 5 heteroatoms. The van der Waals surface area contributed by atoms with Gasteiger partial charge in [-0.3, -0.25) is 15.0 Å². The van der Waals surface area contributed by atoms with E-state index >= 15 is 0 Å². The van der Waals surface area contributed by atoms with Crippen molar-refractivity contribution >= 4 is 11.4 Å². The molecule has 1 fully saturated rings. The number of nitro benzene ring substituents is 1. The lowest BCUT2D eigenvalue weighted by Gasteiger charge is -2.34. The number of benzene rings is 2. The van der Waals surface area contributed by atoms with Crippen molar-refractivity contribution in [3.63, 3.8) is 0 Å². The molecule has 0 aliphatic carbocycles. The monoisotopic (exact) mass is 351 g/mol. The topological polar surface area (TPSA) is 49.6 Å². The first-order valence-electron chi connectivity index (χ1n) is 9.47. The average molecular weight is 351 g/mol. The molecule has 5 nitrogen and oxygen atoms in total. The number of para-hydroxylation sites is 1. The van der Waals surface area contributed by atoms with Crippen molar-refractivity contribution in [1.82, 2.24) is 4.90 Å². The van der Waals surface area contributed by atoms with Gasteiger partial charge in [-0.1, -0.05) is 30.3 Å². The van der Waals surface area contributed by atoms with E-state index < -0.39 is 0 Å². The van der Waals surface area contributed by atoms with Crippen molar-refractivity contribution in [3.8, 4) is 0 Å². The van der Waals surface area contributed by atoms with Crippen LogP contribution in [0, 0.1) is 16.0 Å². The molecule has 0 amide bonds. The largest absolute Gasteiger partial charge is 0.371 e. The average Bonchev–Trinajstić information content (AvgIpc) is 3.07. The van der Waals surface area contributed by atoms with Gasteiger partial charge in [0.15, 0.2) is 0 Å². The van der Waals surface area contributed by atoms with Gasteiger partial charge >= 0.3 is 0 Å². The minimum Gasteiger partial charge on any atom is -0.371 e. The third-order valence-electron chi connectivity index (χ3n) is 5.70. The summed E-state index contributed by atoms with van der Waals surface area (Å²) in [5.41, 5.74) is 4.12. The minimum absolute atomic E-state index is 0.185. The quantitative estimate of drug-likeness (QED) is 0.606. The fourth-order valence-corrected chi connectivity index (χ4v) is 4.26. The Morgan fingerprint density at radius 3 is 2.65 bits per heavy atom. The zero-order valence-electron chi connectivity index (χ0n) is 15.0. The van der Waals surface area contributed by atoms with Crippen molar-refractivity contribution in [3.05, 3.63) is 69.8 Å². The second-order valence-corrected chi connectivity index (χ2v) is 7.47. The Hall–Kier alpha value is -2.40. The van der Waals surface area contributed by atoms with Crippen molar-refractivity contribution in [2.75, 3.05) is 31.1 Å². The fourth-order valence-electron chi connectivity index (χ4n) is 4.26. The number of piperidine rings is 1. The van der Waals surface area contributed by atoms with E-state index in [1.165, 1.54) is 30.5 Å². The van der Waals surface area contributed by atoms with Gasteiger partial charge in [0.1, 0.15) is 0 Å². The van der Waals surface area contributed by atoms with E-state index in [4.69, 9.17) is 0 Å². The van der Waals surface area contributed by atoms with Crippen LogP contribution in [0.5, 0.6) is 0 Å². The maximum atomic E-state index is 10.9. The maximum Gasteiger partial charge on any atom is 0.269 e. The summed E-state index contributed by atoms with van der Waals surface area (Å²) < 4.78 is 0. The number of nitrogens with zero attached hydrogens (tertiary/aromatic N) is 3. The van der Waals surface area contributed by atoms with Crippen LogP contribution in [-0.2, 0) is 13.0 Å². The third kappa shape index (κ3) is 3.73. The van der Waals surface area contributed by atoms with Crippen molar-refractivity contribution < 1.29 is 4.92 Å². The summed E-state index contributed by atoms with van der Waals surface area (Å²) in [7, 11) is 0. The Morgan fingerprint density at radius 2 is 1.85 bits per heavy atom. The first-order valence-corrected chi connectivity index (χ1v) is 9.47. The molecule has 26 heavy (non-hydrogen) atoms. The van der Waals surface area contributed by atoms with Gasteiger partial charge in [-0.2, -0.15) is 0 Å². The number of hydrogen-bond acceptors (Lipinski definition) is 4. The van der Waals surface area contributed by atoms with Crippen molar-refractivity contribution in [1.29, 1.82) is 0 Å². The van der Waals surface area contributed by atoms with Crippen LogP contribution in [0.25, 0.3) is 0 Å². The van der Waals surface area contributed by atoms with E-state index in [-0.39, 0.29) is 10.6 Å². The smallest absolute Gasteiger partial charge is 0.269 e. The molecule has 0 N–H and O–H groups in total. The van der Waals surface area contributed by atoms with Crippen molar-refractivity contribution in [2.45, 2.75) is 25.8 Å². The second kappa shape index (κ2) is 7.46. The van der Waals surface area contributed by atoms with Gasteiger partial charge in [-0.15, -0.1) is 0 Å². The van der Waals surface area contributed by atoms with E-state index in [9.17, 15) is 10.1 Å². The van der Waals surface area contributed by atoms with Crippen molar-refractivity contribution in [2.24, 2.45) is 5.92 Å². The van der Waals surface area contributed by atoms with Gasteiger partial charge in [0.25, 0.3) is 5.69 Å². The molecule has 0 radical (unpaired) electrons. The molecule has 4 rings (SSSR count). The molecule has 2 heterocycles. The normalized spacial score (nSPS) is 18.1. The Balaban J connectivity index is 1.30. The summed E-state index contributed by atoms with van der Waals surface area (Å²) in [5.74, 6) is 0.738. The maximum absolute atomic E-state index is 10.9. The lowest BCUT2D eigenvalue weighted by atomic mass is 9.95. The van der Waals surface area contributed by atoms with Crippen LogP contribution in [-0.4, -0.2) is 36.0 Å². The number of hydrogen-bond donors (Lipinski definition) is 0. The number of rotatable bonds is 5. The molecule has 0 saturated carbocycles. The summed E-state index contributed by atoms with van der Waals surface area (Å²) in [6.07, 6.45) is 3.57. The highest BCUT2D eigenvalue weighted by Crippen LogP contribution is 2.30. The Bertz CT molecular complexity index is 784. The molecule has 0 spiro atoms. The molecule has 0 aromatic heterocycles. The Morgan fingerprint density at radius 1 is 1.04 bits per heavy atom. The van der Waals surface area contributed by atoms with E-state index in [1.54, 1.807) is 18.2 Å². The van der Waals surface area contributed by atoms with Gasteiger partial charge in [0.2, 0.25) is 0 Å². The summed E-state index contributed by atoms with van der Waals surface area (Å²) in [6.45, 7) is 5.25. The third-order valence-corrected chi connectivity index (χ3v) is 5.70. The van der Waals surface area contributed by atoms with Crippen LogP contribution in [0.15, 0.2) is 48.5 Å². The fraction of sp³-hybridized carbons (Fsp3) is 0.429. The number of non-ortho nitro benzene ring substituents is 1. The number of fused-ring (bicyclic) bond motifs is 1. The molecule has 1 saturated heterocycles. The molecule has 2 aromatic rings. The van der Waals surface area contributed by atoms with Gasteiger partial charge in [0, 0.05) is 37.5 Å². The minimum atomic E-state index is -0.316. The molecular weight excluding hydrogens is 326 g/mol. The van der Waals surface area contributed by atoms with E-state index in [0.29, 0.717) is 0 Å². The lowest BCUT2D eigenvalue weighted by molar-refractivity contribution is -0.384. The number of anilines is 1. The molecule has 2 aromatic carbocycles. The van der Waals surface area contributed by atoms with E-state index in [0.717, 1.165) is 44.2 Å². The van der Waals surface area contributed by atoms with E-state index in [1.807, 2.05) is 6.07 Å². The standard InChI is InChI=1S/C21H25N3O2/c25-24(26)20-6-3-4-18(14-20)15-22-11-8-17(9-12-22)16-23-13-10-19-5-1-2-7-21(19)23/h1-7,14,17H,8-13,15-16H2. The molecule has 0 bridgehead atoms. The zero-order valence-corrected chi connectivity index (χ0v) is 15.0. The predicted molar refractivity (Wildman–Crippen MR) is 103 cm³/mol. The highest BCUT2D eigenvalue weighted by Gasteiger charge is 2.25. The van der Waals surface area contributed by atoms with Crippen LogP contribution in [0.2, 0.25) is 0 Å². The summed E-state index contributed by atoms with van der Waals surface area (Å²) in [6, 6.07) is 15.8. The summed E-state index contributed by atoms with van der Waals surface area (Å²) in [5, 5.41) is 10.9. The van der Waals surface area contributed by atoms with Crippen LogP contribution in [0.1, 0.15) is 24.0 Å². The number of likely N-dealkylation sites (tertiary alicyclic amines) is 1. The highest BCUT2D eigenvalue weighted by atomic mass is 16.6. The van der Waals surface area contributed by atoms with Crippen LogP contribution in [0.3, 0.4) is 0 Å². The number of nitro groups is 1. The molecule has 0 atom stereocenters. The lowest BCUT2D eigenvalue weighted by Crippen LogP contribution is -2.38. The van der Waals surface area contributed by atoms with Gasteiger partial charge in [-0.05, 0) is 55.5 Å². The van der Waals surface area contributed by atoms with E-state index in [2.05, 4.69) is 34.1 Å². The first kappa shape index (κ1) is 17.0. The first-order chi connectivity index (χ1) is 12.7. The summed E-state index contributed by atoms with van der Waals surface area (Å²) >= 11 is 0. The van der Waals surface area contributed by atoms with Gasteiger partial charge < -0.3 is 4.90 Å². The van der Waals surface area contributed by atoms with Crippen LogP contribution >= 0.6 is 0 Å². The Kier molecular flexibility index (Phi) is 4.89. The Labute approximate surface area is 154 Å². The predicted octanol–water partition coefficient (Wildman–Crippen LogP) is 3.87. The molecule has 2 aliphatic rings. The molecule has 136 valence electrons. The highest BCUT2D eigenvalue weighted by molar-refractivity contribution is 5.57. The van der Waals surface area contributed by atoms with Gasteiger partial charge in [-0.25, -0.2) is 0 Å². The van der Waals surface area contributed by atoms with Crippen LogP contribution in [0.4, 0.5) is 11.4 Å². The molecular formula is C21H25N3O2. The SMILES string of the molecule is O=[N+]([O-])c1cccc(CN2CCC(CN3CCc4ccccc43)CC2)c1. The van der Waals surface area contributed by atoms with Gasteiger partial charge in [0.05, 0.1) is 4.92 Å². The zero-order chi connectivity index (χ0) is 17.9.